The second-order valence-electron chi connectivity index (χ2n) is 5.87. The van der Waals surface area contributed by atoms with E-state index in [4.69, 9.17) is 32.7 Å². The van der Waals surface area contributed by atoms with Crippen molar-refractivity contribution in [3.63, 3.8) is 0 Å². The van der Waals surface area contributed by atoms with E-state index in [-0.39, 0.29) is 11.1 Å². The van der Waals surface area contributed by atoms with Crippen molar-refractivity contribution in [2.75, 3.05) is 13.7 Å². The molecule has 1 saturated heterocycles. The number of methoxy groups -OCH3 is 1. The maximum atomic E-state index is 12.2. The van der Waals surface area contributed by atoms with Gasteiger partial charge in [-0.25, -0.2) is 0 Å². The van der Waals surface area contributed by atoms with Crippen LogP contribution in [0.5, 0.6) is 11.5 Å². The number of amides is 2. The van der Waals surface area contributed by atoms with Gasteiger partial charge in [0.15, 0.2) is 11.5 Å². The molecule has 5 nitrogen and oxygen atoms in total. The van der Waals surface area contributed by atoms with Crippen molar-refractivity contribution in [1.29, 1.82) is 0 Å². The highest BCUT2D eigenvalue weighted by Crippen LogP contribution is 2.34. The molecule has 0 N–H and O–H groups in total. The van der Waals surface area contributed by atoms with Gasteiger partial charge in [-0.3, -0.25) is 14.5 Å². The van der Waals surface area contributed by atoms with Crippen LogP contribution in [0, 0.1) is 0 Å². The summed E-state index contributed by atoms with van der Waals surface area (Å²) in [5.41, 5.74) is 1.61. The van der Waals surface area contributed by atoms with Crippen molar-refractivity contribution in [2.24, 2.45) is 0 Å². The fourth-order valence-corrected chi connectivity index (χ4v) is 3.83. The summed E-state index contributed by atoms with van der Waals surface area (Å²) in [6.07, 6.45) is 1.67. The summed E-state index contributed by atoms with van der Waals surface area (Å²) in [7, 11) is 1.54. The number of carbonyl (C=O) groups excluding carboxylic acids is 2. The molecule has 0 bridgehead atoms. The lowest BCUT2D eigenvalue weighted by molar-refractivity contribution is -0.122. The molecule has 0 unspecified atom stereocenters. The van der Waals surface area contributed by atoms with Crippen LogP contribution in [-0.2, 0) is 11.4 Å². The molecule has 0 aliphatic carbocycles. The first-order chi connectivity index (χ1) is 13.4. The number of thioether (sulfide) groups is 1. The van der Waals surface area contributed by atoms with E-state index >= 15 is 0 Å². The molecule has 0 atom stereocenters. The molecule has 0 aromatic heterocycles. The van der Waals surface area contributed by atoms with Gasteiger partial charge in [0.2, 0.25) is 0 Å². The summed E-state index contributed by atoms with van der Waals surface area (Å²) in [6, 6.07) is 10.6. The molecule has 1 aliphatic rings. The Labute approximate surface area is 177 Å². The lowest BCUT2D eigenvalue weighted by atomic mass is 10.1. The third kappa shape index (κ3) is 4.46. The summed E-state index contributed by atoms with van der Waals surface area (Å²) < 4.78 is 11.2. The molecule has 1 aliphatic heterocycles. The molecule has 2 aromatic carbocycles. The van der Waals surface area contributed by atoms with Gasteiger partial charge in [0, 0.05) is 6.54 Å². The summed E-state index contributed by atoms with van der Waals surface area (Å²) in [4.78, 5) is 25.6. The van der Waals surface area contributed by atoms with Gasteiger partial charge in [-0.1, -0.05) is 35.3 Å². The highest BCUT2D eigenvalue weighted by molar-refractivity contribution is 8.18. The summed E-state index contributed by atoms with van der Waals surface area (Å²) in [6.45, 7) is 2.41. The van der Waals surface area contributed by atoms with Crippen LogP contribution >= 0.6 is 35.0 Å². The van der Waals surface area contributed by atoms with Crippen LogP contribution in [0.2, 0.25) is 10.0 Å². The zero-order chi connectivity index (χ0) is 20.3. The Kier molecular flexibility index (Phi) is 6.54. The Morgan fingerprint density at radius 3 is 2.50 bits per heavy atom. The number of hydrogen-bond acceptors (Lipinski definition) is 5. The van der Waals surface area contributed by atoms with Crippen molar-refractivity contribution >= 4 is 52.2 Å². The molecule has 8 heteroatoms. The number of halogens is 2. The second-order valence-corrected chi connectivity index (χ2v) is 7.68. The summed E-state index contributed by atoms with van der Waals surface area (Å²) in [5, 5.41) is 0.693. The van der Waals surface area contributed by atoms with Gasteiger partial charge >= 0.3 is 0 Å². The van der Waals surface area contributed by atoms with Crippen molar-refractivity contribution in [3.05, 3.63) is 62.5 Å². The summed E-state index contributed by atoms with van der Waals surface area (Å²) in [5.74, 6) is 0.785. The number of ether oxygens (including phenoxy) is 2. The Morgan fingerprint density at radius 1 is 1.07 bits per heavy atom. The van der Waals surface area contributed by atoms with Crippen LogP contribution < -0.4 is 9.47 Å². The van der Waals surface area contributed by atoms with E-state index in [0.29, 0.717) is 39.6 Å². The van der Waals surface area contributed by atoms with E-state index < -0.39 is 0 Å². The van der Waals surface area contributed by atoms with E-state index in [9.17, 15) is 9.59 Å². The van der Waals surface area contributed by atoms with E-state index in [2.05, 4.69) is 0 Å². The molecule has 0 spiro atoms. The molecule has 28 heavy (non-hydrogen) atoms. The lowest BCUT2D eigenvalue weighted by Gasteiger charge is -2.12. The third-order valence-electron chi connectivity index (χ3n) is 4.05. The molecule has 146 valence electrons. The Balaban J connectivity index is 1.77. The van der Waals surface area contributed by atoms with Crippen LogP contribution in [-0.4, -0.2) is 29.7 Å². The molecule has 0 radical (unpaired) electrons. The van der Waals surface area contributed by atoms with Gasteiger partial charge in [0.1, 0.15) is 6.61 Å². The molecular weight excluding hydrogens is 421 g/mol. The predicted molar refractivity (Wildman–Crippen MR) is 112 cm³/mol. The van der Waals surface area contributed by atoms with Crippen LogP contribution in [0.3, 0.4) is 0 Å². The first kappa shape index (κ1) is 20.6. The molecular formula is C20H17Cl2NO4S. The highest BCUT2D eigenvalue weighted by Gasteiger charge is 2.33. The topological polar surface area (TPSA) is 55.8 Å². The number of likely N-dealkylation sites (N-methyl/N-ethyl adjacent to an activating group) is 1. The largest absolute Gasteiger partial charge is 0.493 e. The third-order valence-corrected chi connectivity index (χ3v) is 5.70. The Bertz CT molecular complexity index is 961. The van der Waals surface area contributed by atoms with Crippen molar-refractivity contribution in [3.8, 4) is 11.5 Å². The zero-order valence-electron chi connectivity index (χ0n) is 15.2. The maximum absolute atomic E-state index is 12.2. The van der Waals surface area contributed by atoms with Crippen LogP contribution in [0.1, 0.15) is 18.1 Å². The molecule has 2 aromatic rings. The monoisotopic (exact) mass is 437 g/mol. The fourth-order valence-electron chi connectivity index (χ4n) is 2.61. The minimum atomic E-state index is -0.281. The van der Waals surface area contributed by atoms with Gasteiger partial charge in [-0.05, 0) is 60.2 Å². The van der Waals surface area contributed by atoms with E-state index in [1.54, 1.807) is 43.3 Å². The van der Waals surface area contributed by atoms with Crippen LogP contribution in [0.4, 0.5) is 4.79 Å². The molecule has 2 amide bonds. The number of rotatable bonds is 6. The zero-order valence-corrected chi connectivity index (χ0v) is 17.5. The number of nitrogens with zero attached hydrogens (tertiary/aromatic N) is 1. The Morgan fingerprint density at radius 2 is 1.86 bits per heavy atom. The van der Waals surface area contributed by atoms with Gasteiger partial charge in [0.05, 0.1) is 22.1 Å². The van der Waals surface area contributed by atoms with Gasteiger partial charge in [-0.15, -0.1) is 0 Å². The molecule has 1 heterocycles. The quantitative estimate of drug-likeness (QED) is 0.547. The normalized spacial score (nSPS) is 15.4. The van der Waals surface area contributed by atoms with Crippen molar-refractivity contribution < 1.29 is 19.1 Å². The lowest BCUT2D eigenvalue weighted by Crippen LogP contribution is -2.27. The number of hydrogen-bond donors (Lipinski definition) is 0. The SMILES string of the molecule is CCN1C(=O)S/C(=C\c2ccc(OCc3ccc(Cl)c(Cl)c3)c(OC)c2)C1=O. The minimum Gasteiger partial charge on any atom is -0.493 e. The van der Waals surface area contributed by atoms with Gasteiger partial charge in [-0.2, -0.15) is 0 Å². The average molecular weight is 438 g/mol. The van der Waals surface area contributed by atoms with Gasteiger partial charge in [0.25, 0.3) is 11.1 Å². The second kappa shape index (κ2) is 8.90. The highest BCUT2D eigenvalue weighted by atomic mass is 35.5. The van der Waals surface area contributed by atoms with Crippen LogP contribution in [0.15, 0.2) is 41.3 Å². The molecule has 0 saturated carbocycles. The predicted octanol–water partition coefficient (Wildman–Crippen LogP) is 5.64. The average Bonchev–Trinajstić information content (AvgIpc) is 2.95. The van der Waals surface area contributed by atoms with Crippen molar-refractivity contribution in [2.45, 2.75) is 13.5 Å². The smallest absolute Gasteiger partial charge is 0.293 e. The van der Waals surface area contributed by atoms with E-state index in [1.165, 1.54) is 12.0 Å². The maximum Gasteiger partial charge on any atom is 0.293 e. The molecule has 1 fully saturated rings. The summed E-state index contributed by atoms with van der Waals surface area (Å²) >= 11 is 12.9. The van der Waals surface area contributed by atoms with E-state index in [0.717, 1.165) is 22.9 Å². The Hall–Kier alpha value is -2.15. The van der Waals surface area contributed by atoms with Gasteiger partial charge < -0.3 is 9.47 Å². The van der Waals surface area contributed by atoms with Crippen molar-refractivity contribution in [1.82, 2.24) is 4.90 Å². The first-order valence-electron chi connectivity index (χ1n) is 8.43. The standard InChI is InChI=1S/C20H17Cl2NO4S/c1-3-23-19(24)18(28-20(23)25)10-12-5-7-16(17(9-12)26-2)27-11-13-4-6-14(21)15(22)8-13/h4-10H,3,11H2,1-2H3/b18-10-. The van der Waals surface area contributed by atoms with E-state index in [1.807, 2.05) is 6.07 Å². The first-order valence-corrected chi connectivity index (χ1v) is 10.00. The number of benzene rings is 2. The number of carbonyl (C=O) groups is 2. The number of imide groups is 1. The fraction of sp³-hybridized carbons (Fsp3) is 0.200. The molecule has 3 rings (SSSR count). The minimum absolute atomic E-state index is 0.257. The van der Waals surface area contributed by atoms with Crippen LogP contribution in [0.25, 0.3) is 6.08 Å².